The first-order chi connectivity index (χ1) is 3.93. The monoisotopic (exact) mass is 114 g/mol. The summed E-state index contributed by atoms with van der Waals surface area (Å²) in [6.45, 7) is 5.97. The van der Waals surface area contributed by atoms with E-state index in [1.165, 1.54) is 12.8 Å². The summed E-state index contributed by atoms with van der Waals surface area (Å²) in [6.07, 6.45) is 2.43. The molecule has 0 aromatic heterocycles. The van der Waals surface area contributed by atoms with E-state index in [1.807, 2.05) is 12.0 Å². The van der Waals surface area contributed by atoms with Crippen molar-refractivity contribution in [3.05, 3.63) is 6.54 Å². The van der Waals surface area contributed by atoms with Crippen molar-refractivity contribution in [1.82, 2.24) is 5.06 Å². The van der Waals surface area contributed by atoms with Gasteiger partial charge in [0.15, 0.2) is 0 Å². The van der Waals surface area contributed by atoms with E-state index in [9.17, 15) is 0 Å². The topological polar surface area (TPSA) is 12.5 Å². The van der Waals surface area contributed by atoms with E-state index >= 15 is 0 Å². The van der Waals surface area contributed by atoms with Gasteiger partial charge in [0.25, 0.3) is 0 Å². The van der Waals surface area contributed by atoms with Gasteiger partial charge < -0.3 is 0 Å². The van der Waals surface area contributed by atoms with E-state index in [2.05, 4.69) is 6.54 Å². The summed E-state index contributed by atoms with van der Waals surface area (Å²) in [5.74, 6) is 0. The minimum Gasteiger partial charge on any atom is -0.299 e. The first-order valence-electron chi connectivity index (χ1n) is 3.16. The van der Waals surface area contributed by atoms with Crippen LogP contribution in [0.5, 0.6) is 0 Å². The molecule has 0 N–H and O–H groups in total. The molecule has 1 aliphatic rings. The van der Waals surface area contributed by atoms with Crippen LogP contribution in [-0.4, -0.2) is 18.2 Å². The van der Waals surface area contributed by atoms with Crippen LogP contribution in [0, 0.1) is 6.54 Å². The second-order valence-corrected chi connectivity index (χ2v) is 1.88. The number of nitrogens with zero attached hydrogens (tertiary/aromatic N) is 1. The maximum Gasteiger partial charge on any atom is 0.0657 e. The van der Waals surface area contributed by atoms with Gasteiger partial charge in [0, 0.05) is 6.54 Å². The summed E-state index contributed by atoms with van der Waals surface area (Å²) in [7, 11) is 0. The quantitative estimate of drug-likeness (QED) is 0.534. The number of hydrogen-bond acceptors (Lipinski definition) is 2. The third-order valence-corrected chi connectivity index (χ3v) is 1.21. The molecule has 0 amide bonds. The van der Waals surface area contributed by atoms with E-state index in [-0.39, 0.29) is 0 Å². The largest absolute Gasteiger partial charge is 0.299 e. The minimum absolute atomic E-state index is 0.788. The molecule has 0 unspecified atom stereocenters. The van der Waals surface area contributed by atoms with Gasteiger partial charge in [-0.15, -0.1) is 0 Å². The highest BCUT2D eigenvalue weighted by atomic mass is 16.7. The van der Waals surface area contributed by atoms with Crippen molar-refractivity contribution in [1.29, 1.82) is 0 Å². The molecule has 1 saturated heterocycles. The highest BCUT2D eigenvalue weighted by Gasteiger charge is 2.10. The molecule has 1 heterocycles. The highest BCUT2D eigenvalue weighted by molar-refractivity contribution is 4.69. The lowest BCUT2D eigenvalue weighted by Gasteiger charge is -2.11. The molecule has 0 atom stereocenters. The number of hydroxylamine groups is 2. The molecular weight excluding hydrogens is 102 g/mol. The average Bonchev–Trinajstić information content (AvgIpc) is 2.19. The third-order valence-electron chi connectivity index (χ3n) is 1.21. The Kier molecular flexibility index (Phi) is 2.30. The summed E-state index contributed by atoms with van der Waals surface area (Å²) in [5.41, 5.74) is 0. The molecule has 0 bridgehead atoms. The highest BCUT2D eigenvalue weighted by Crippen LogP contribution is 2.11. The van der Waals surface area contributed by atoms with Crippen LogP contribution in [-0.2, 0) is 4.84 Å². The van der Waals surface area contributed by atoms with Crippen molar-refractivity contribution in [3.63, 3.8) is 0 Å². The lowest BCUT2D eigenvalue weighted by atomic mass is 10.4. The van der Waals surface area contributed by atoms with Gasteiger partial charge in [0.1, 0.15) is 0 Å². The Morgan fingerprint density at radius 2 is 2.62 bits per heavy atom. The predicted octanol–water partition coefficient (Wildman–Crippen LogP) is 1.20. The van der Waals surface area contributed by atoms with Crippen LogP contribution < -0.4 is 0 Å². The summed E-state index contributed by atoms with van der Waals surface area (Å²) in [4.78, 5) is 5.18. The van der Waals surface area contributed by atoms with Gasteiger partial charge in [0.05, 0.1) is 13.2 Å². The second-order valence-electron chi connectivity index (χ2n) is 1.88. The Labute approximate surface area is 50.4 Å². The molecule has 1 rings (SSSR count). The molecule has 0 aromatic carbocycles. The van der Waals surface area contributed by atoms with Crippen molar-refractivity contribution < 1.29 is 4.84 Å². The lowest BCUT2D eigenvalue weighted by Crippen LogP contribution is -2.15. The van der Waals surface area contributed by atoms with E-state index in [4.69, 9.17) is 4.84 Å². The standard InChI is InChI=1S/C6H12NO/c1-2-8-7-5-3-4-6-7/h5H,2-4,6H2,1H3. The Morgan fingerprint density at radius 3 is 3.12 bits per heavy atom. The molecule has 2 nitrogen and oxygen atoms in total. The van der Waals surface area contributed by atoms with Gasteiger partial charge in [-0.3, -0.25) is 4.84 Å². The van der Waals surface area contributed by atoms with Crippen LogP contribution in [0.4, 0.5) is 0 Å². The fraction of sp³-hybridized carbons (Fsp3) is 0.833. The summed E-state index contributed by atoms with van der Waals surface area (Å²) in [6, 6.07) is 0. The van der Waals surface area contributed by atoms with Crippen molar-refractivity contribution in [2.24, 2.45) is 0 Å². The summed E-state index contributed by atoms with van der Waals surface area (Å²) < 4.78 is 0. The molecular formula is C6H12NO. The number of rotatable bonds is 2. The normalized spacial score (nSPS) is 22.1. The van der Waals surface area contributed by atoms with Crippen molar-refractivity contribution >= 4 is 0 Å². The molecule has 0 saturated carbocycles. The smallest absolute Gasteiger partial charge is 0.0657 e. The summed E-state index contributed by atoms with van der Waals surface area (Å²) in [5, 5.41) is 1.92. The molecule has 0 spiro atoms. The molecule has 2 heteroatoms. The Morgan fingerprint density at radius 1 is 1.75 bits per heavy atom. The van der Waals surface area contributed by atoms with Gasteiger partial charge in [-0.1, -0.05) is 0 Å². The van der Waals surface area contributed by atoms with Gasteiger partial charge in [-0.25, -0.2) is 0 Å². The molecule has 0 aromatic rings. The van der Waals surface area contributed by atoms with Crippen LogP contribution in [0.3, 0.4) is 0 Å². The molecule has 0 aliphatic carbocycles. The molecule has 1 fully saturated rings. The van der Waals surface area contributed by atoms with Gasteiger partial charge in [-0.05, 0) is 19.8 Å². The van der Waals surface area contributed by atoms with Crippen molar-refractivity contribution in [3.8, 4) is 0 Å². The molecule has 1 radical (unpaired) electrons. The number of hydrogen-bond donors (Lipinski definition) is 0. The molecule has 47 valence electrons. The molecule has 1 aliphatic heterocycles. The zero-order valence-corrected chi connectivity index (χ0v) is 5.26. The van der Waals surface area contributed by atoms with Crippen molar-refractivity contribution in [2.45, 2.75) is 19.8 Å². The van der Waals surface area contributed by atoms with Gasteiger partial charge in [0.2, 0.25) is 0 Å². The third kappa shape index (κ3) is 1.46. The Hall–Kier alpha value is -0.0800. The lowest BCUT2D eigenvalue weighted by molar-refractivity contribution is -0.118. The predicted molar refractivity (Wildman–Crippen MR) is 31.9 cm³/mol. The average molecular weight is 114 g/mol. The minimum atomic E-state index is 0.788. The SMILES string of the molecule is CCON1[CH]CCC1. The Balaban J connectivity index is 2.06. The fourth-order valence-electron chi connectivity index (χ4n) is 0.857. The van der Waals surface area contributed by atoms with Crippen LogP contribution in [0.25, 0.3) is 0 Å². The van der Waals surface area contributed by atoms with E-state index in [0.717, 1.165) is 13.2 Å². The van der Waals surface area contributed by atoms with E-state index in [1.54, 1.807) is 0 Å². The zero-order chi connectivity index (χ0) is 5.82. The Bertz CT molecular complexity index is 59.5. The fourth-order valence-corrected chi connectivity index (χ4v) is 0.857. The van der Waals surface area contributed by atoms with Crippen molar-refractivity contribution in [2.75, 3.05) is 13.2 Å². The maximum atomic E-state index is 5.18. The first-order valence-corrected chi connectivity index (χ1v) is 3.16. The van der Waals surface area contributed by atoms with Crippen LogP contribution in [0.1, 0.15) is 19.8 Å². The van der Waals surface area contributed by atoms with Crippen LogP contribution in [0.2, 0.25) is 0 Å². The van der Waals surface area contributed by atoms with Crippen LogP contribution >= 0.6 is 0 Å². The van der Waals surface area contributed by atoms with Gasteiger partial charge in [-0.2, -0.15) is 5.06 Å². The maximum absolute atomic E-state index is 5.18. The molecule has 8 heavy (non-hydrogen) atoms. The van der Waals surface area contributed by atoms with E-state index < -0.39 is 0 Å². The van der Waals surface area contributed by atoms with Gasteiger partial charge >= 0.3 is 0 Å². The van der Waals surface area contributed by atoms with E-state index in [0.29, 0.717) is 0 Å². The first kappa shape index (κ1) is 6.05. The van der Waals surface area contributed by atoms with Crippen LogP contribution in [0.15, 0.2) is 0 Å². The second kappa shape index (κ2) is 3.05. The zero-order valence-electron chi connectivity index (χ0n) is 5.26. The summed E-state index contributed by atoms with van der Waals surface area (Å²) >= 11 is 0.